The third kappa shape index (κ3) is 4.44. The molecule has 128 valence electrons. The van der Waals surface area contributed by atoms with Crippen molar-refractivity contribution in [2.75, 3.05) is 5.32 Å². The number of anilines is 1. The van der Waals surface area contributed by atoms with E-state index in [0.717, 1.165) is 21.0 Å². The molecule has 1 amide bonds. The molecule has 0 saturated heterocycles. The highest BCUT2D eigenvalue weighted by molar-refractivity contribution is 7.15. The van der Waals surface area contributed by atoms with Crippen LogP contribution in [0.15, 0.2) is 55.0 Å². The lowest BCUT2D eigenvalue weighted by molar-refractivity contribution is -0.117. The van der Waals surface area contributed by atoms with Crippen LogP contribution in [-0.2, 0) is 11.2 Å². The van der Waals surface area contributed by atoms with Crippen molar-refractivity contribution >= 4 is 34.0 Å². The van der Waals surface area contributed by atoms with Gasteiger partial charge in [-0.25, -0.2) is 4.98 Å². The lowest BCUT2D eigenvalue weighted by atomic mass is 9.97. The van der Waals surface area contributed by atoms with Gasteiger partial charge in [0.15, 0.2) is 5.13 Å². The minimum Gasteiger partial charge on any atom is -0.301 e. The number of carbonyl (C=O) groups excluding carboxylic acids is 1. The number of rotatable bonds is 6. The second-order valence-corrected chi connectivity index (χ2v) is 7.16. The molecule has 2 aromatic heterocycles. The van der Waals surface area contributed by atoms with Gasteiger partial charge in [-0.05, 0) is 29.7 Å². The van der Waals surface area contributed by atoms with E-state index in [2.05, 4.69) is 15.3 Å². The molecule has 0 spiro atoms. The maximum atomic E-state index is 12.6. The first-order chi connectivity index (χ1) is 12.2. The summed E-state index contributed by atoms with van der Waals surface area (Å²) in [4.78, 5) is 22.0. The Hall–Kier alpha value is -2.24. The van der Waals surface area contributed by atoms with Gasteiger partial charge in [0.05, 0.1) is 5.92 Å². The summed E-state index contributed by atoms with van der Waals surface area (Å²) in [6.45, 7) is 1.99. The number of hydrogen-bond acceptors (Lipinski definition) is 4. The Morgan fingerprint density at radius 1 is 1.24 bits per heavy atom. The van der Waals surface area contributed by atoms with Crippen molar-refractivity contribution in [1.82, 2.24) is 9.97 Å². The molecule has 0 aliphatic carbocycles. The first-order valence-electron chi connectivity index (χ1n) is 8.06. The normalized spacial score (nSPS) is 11.9. The number of hydrogen-bond donors (Lipinski definition) is 1. The van der Waals surface area contributed by atoms with Crippen LogP contribution in [0.4, 0.5) is 5.13 Å². The molecule has 0 aliphatic heterocycles. The van der Waals surface area contributed by atoms with Crippen LogP contribution >= 0.6 is 22.9 Å². The quantitative estimate of drug-likeness (QED) is 0.669. The Balaban J connectivity index is 1.68. The molecule has 0 aliphatic rings. The van der Waals surface area contributed by atoms with Gasteiger partial charge in [-0.3, -0.25) is 9.78 Å². The van der Waals surface area contributed by atoms with Crippen molar-refractivity contribution in [1.29, 1.82) is 0 Å². The third-order valence-electron chi connectivity index (χ3n) is 3.92. The van der Waals surface area contributed by atoms with E-state index in [9.17, 15) is 4.79 Å². The molecule has 3 aromatic rings. The Morgan fingerprint density at radius 3 is 2.80 bits per heavy atom. The fourth-order valence-corrected chi connectivity index (χ4v) is 3.66. The van der Waals surface area contributed by atoms with E-state index >= 15 is 0 Å². The summed E-state index contributed by atoms with van der Waals surface area (Å²) in [5.74, 6) is -0.293. The van der Waals surface area contributed by atoms with E-state index < -0.39 is 0 Å². The number of carbonyl (C=O) groups is 1. The fourth-order valence-electron chi connectivity index (χ4n) is 2.62. The monoisotopic (exact) mass is 371 g/mol. The minimum absolute atomic E-state index is 0.0610. The smallest absolute Gasteiger partial charge is 0.233 e. The first kappa shape index (κ1) is 17.6. The zero-order valence-corrected chi connectivity index (χ0v) is 15.3. The number of halogens is 1. The Bertz CT molecular complexity index is 851. The minimum atomic E-state index is -0.232. The van der Waals surface area contributed by atoms with Crippen LogP contribution < -0.4 is 5.32 Å². The molecule has 0 bridgehead atoms. The summed E-state index contributed by atoms with van der Waals surface area (Å²) in [5, 5.41) is 4.27. The van der Waals surface area contributed by atoms with Gasteiger partial charge in [0, 0.05) is 34.9 Å². The summed E-state index contributed by atoms with van der Waals surface area (Å²) < 4.78 is 0. The van der Waals surface area contributed by atoms with Crippen molar-refractivity contribution < 1.29 is 4.79 Å². The lowest BCUT2D eigenvalue weighted by Crippen LogP contribution is -2.20. The highest BCUT2D eigenvalue weighted by Crippen LogP contribution is 2.26. The molecule has 1 N–H and O–H groups in total. The van der Waals surface area contributed by atoms with Gasteiger partial charge < -0.3 is 5.32 Å². The predicted octanol–water partition coefficient (Wildman–Crippen LogP) is 4.91. The highest BCUT2D eigenvalue weighted by Gasteiger charge is 2.20. The van der Waals surface area contributed by atoms with E-state index in [1.54, 1.807) is 18.6 Å². The molecule has 0 radical (unpaired) electrons. The van der Waals surface area contributed by atoms with Crippen LogP contribution in [0.1, 0.15) is 35.3 Å². The molecule has 2 heterocycles. The van der Waals surface area contributed by atoms with E-state index in [4.69, 9.17) is 11.6 Å². The fraction of sp³-hybridized carbons (Fsp3) is 0.211. The van der Waals surface area contributed by atoms with E-state index in [1.807, 2.05) is 43.3 Å². The number of aromatic nitrogens is 2. The lowest BCUT2D eigenvalue weighted by Gasteiger charge is -2.13. The molecular formula is C19H18ClN3OS. The molecule has 3 rings (SSSR count). The maximum Gasteiger partial charge on any atom is 0.233 e. The molecule has 0 fully saturated rings. The van der Waals surface area contributed by atoms with Crippen molar-refractivity contribution in [2.45, 2.75) is 25.7 Å². The average molecular weight is 372 g/mol. The van der Waals surface area contributed by atoms with E-state index in [1.165, 1.54) is 11.3 Å². The Labute approximate surface area is 155 Å². The molecule has 4 nitrogen and oxygen atoms in total. The summed E-state index contributed by atoms with van der Waals surface area (Å²) in [6, 6.07) is 11.5. The van der Waals surface area contributed by atoms with E-state index in [0.29, 0.717) is 18.0 Å². The van der Waals surface area contributed by atoms with Gasteiger partial charge in [0.2, 0.25) is 5.91 Å². The van der Waals surface area contributed by atoms with Gasteiger partial charge in [-0.1, -0.05) is 42.8 Å². The van der Waals surface area contributed by atoms with Crippen LogP contribution in [-0.4, -0.2) is 15.9 Å². The first-order valence-corrected chi connectivity index (χ1v) is 9.25. The zero-order valence-electron chi connectivity index (χ0n) is 13.8. The second kappa shape index (κ2) is 8.23. The van der Waals surface area contributed by atoms with Crippen molar-refractivity contribution in [3.63, 3.8) is 0 Å². The van der Waals surface area contributed by atoms with Crippen LogP contribution in [0.25, 0.3) is 0 Å². The predicted molar refractivity (Wildman–Crippen MR) is 102 cm³/mol. The summed E-state index contributed by atoms with van der Waals surface area (Å²) in [5.41, 5.74) is 1.96. The van der Waals surface area contributed by atoms with Crippen LogP contribution in [0, 0.1) is 0 Å². The van der Waals surface area contributed by atoms with Gasteiger partial charge in [-0.15, -0.1) is 11.3 Å². The zero-order chi connectivity index (χ0) is 17.6. The largest absolute Gasteiger partial charge is 0.301 e. The molecule has 1 aromatic carbocycles. The molecule has 1 unspecified atom stereocenters. The molecule has 0 saturated carbocycles. The molecular weight excluding hydrogens is 354 g/mol. The number of pyridine rings is 1. The van der Waals surface area contributed by atoms with Crippen LogP contribution in [0.2, 0.25) is 5.02 Å². The number of thiazole rings is 1. The number of nitrogens with zero attached hydrogens (tertiary/aromatic N) is 2. The number of nitrogens with one attached hydrogen (secondary N) is 1. The third-order valence-corrected chi connectivity index (χ3v) is 5.20. The van der Waals surface area contributed by atoms with E-state index in [-0.39, 0.29) is 11.8 Å². The van der Waals surface area contributed by atoms with Crippen molar-refractivity contribution in [3.05, 3.63) is 76.0 Å². The van der Waals surface area contributed by atoms with Gasteiger partial charge in [0.25, 0.3) is 0 Å². The summed E-state index contributed by atoms with van der Waals surface area (Å²) >= 11 is 7.67. The SMILES string of the molecule is CCC(C(=O)Nc1ncc(Cc2ccccc2Cl)s1)c1cccnc1. The maximum absolute atomic E-state index is 12.6. The average Bonchev–Trinajstić information content (AvgIpc) is 3.05. The molecule has 6 heteroatoms. The summed E-state index contributed by atoms with van der Waals surface area (Å²) in [7, 11) is 0. The summed E-state index contributed by atoms with van der Waals surface area (Å²) in [6.07, 6.45) is 6.63. The van der Waals surface area contributed by atoms with Gasteiger partial charge in [0.1, 0.15) is 0 Å². The van der Waals surface area contributed by atoms with Crippen molar-refractivity contribution in [3.8, 4) is 0 Å². The van der Waals surface area contributed by atoms with Gasteiger partial charge >= 0.3 is 0 Å². The number of benzene rings is 1. The standard InChI is InChI=1S/C19H18ClN3OS/c1-2-16(14-7-5-9-21-11-14)18(24)23-19-22-12-15(25-19)10-13-6-3-4-8-17(13)20/h3-9,11-12,16H,2,10H2,1H3,(H,22,23,24). The molecule has 1 atom stereocenters. The van der Waals surface area contributed by atoms with Gasteiger partial charge in [-0.2, -0.15) is 0 Å². The number of amides is 1. The highest BCUT2D eigenvalue weighted by atomic mass is 35.5. The Kier molecular flexibility index (Phi) is 5.79. The Morgan fingerprint density at radius 2 is 2.08 bits per heavy atom. The molecule has 25 heavy (non-hydrogen) atoms. The second-order valence-electron chi connectivity index (χ2n) is 5.64. The van der Waals surface area contributed by atoms with Crippen LogP contribution in [0.3, 0.4) is 0 Å². The van der Waals surface area contributed by atoms with Crippen LogP contribution in [0.5, 0.6) is 0 Å². The topological polar surface area (TPSA) is 54.9 Å². The van der Waals surface area contributed by atoms with Crippen molar-refractivity contribution in [2.24, 2.45) is 0 Å².